The van der Waals surface area contributed by atoms with Gasteiger partial charge in [0, 0.05) is 36.6 Å². The third kappa shape index (κ3) is 4.34. The fraction of sp³-hybridized carbons (Fsp3) is 0.158. The van der Waals surface area contributed by atoms with Crippen molar-refractivity contribution in [2.75, 3.05) is 36.7 Å². The van der Waals surface area contributed by atoms with Crippen LogP contribution in [0.4, 0.5) is 28.7 Å². The molecule has 3 aromatic rings. The Kier molecular flexibility index (Phi) is 5.43. The monoisotopic (exact) mass is 369 g/mol. The number of nitrogens with one attached hydrogen (secondary N) is 2. The molecule has 2 aromatic carbocycles. The number of halogens is 1. The summed E-state index contributed by atoms with van der Waals surface area (Å²) >= 11 is 6.07. The lowest BCUT2D eigenvalue weighted by Crippen LogP contribution is -2.08. The molecule has 6 nitrogen and oxygen atoms in total. The maximum atomic E-state index is 6.07. The summed E-state index contributed by atoms with van der Waals surface area (Å²) in [6.07, 6.45) is 1.50. The van der Waals surface area contributed by atoms with Gasteiger partial charge in [0.1, 0.15) is 23.7 Å². The number of nitrogens with zero attached hydrogens (tertiary/aromatic N) is 3. The second-order valence-electron chi connectivity index (χ2n) is 5.82. The van der Waals surface area contributed by atoms with Crippen molar-refractivity contribution in [3.8, 4) is 5.75 Å². The van der Waals surface area contributed by atoms with Crippen LogP contribution in [-0.2, 0) is 0 Å². The zero-order valence-corrected chi connectivity index (χ0v) is 15.6. The normalized spacial score (nSPS) is 10.3. The minimum atomic E-state index is 0.613. The van der Waals surface area contributed by atoms with E-state index in [9.17, 15) is 0 Å². The summed E-state index contributed by atoms with van der Waals surface area (Å²) in [6.45, 7) is 0. The molecule has 0 amide bonds. The molecule has 3 rings (SSSR count). The highest BCUT2D eigenvalue weighted by molar-refractivity contribution is 6.31. The zero-order chi connectivity index (χ0) is 18.5. The van der Waals surface area contributed by atoms with Crippen molar-refractivity contribution < 1.29 is 4.74 Å². The molecular formula is C19H20ClN5O. The fourth-order valence-electron chi connectivity index (χ4n) is 2.40. The second kappa shape index (κ2) is 7.93. The highest BCUT2D eigenvalue weighted by atomic mass is 35.5. The van der Waals surface area contributed by atoms with Crippen molar-refractivity contribution in [2.24, 2.45) is 0 Å². The lowest BCUT2D eigenvalue weighted by atomic mass is 10.2. The average molecular weight is 370 g/mol. The van der Waals surface area contributed by atoms with E-state index in [4.69, 9.17) is 16.3 Å². The number of hydrogen-bond acceptors (Lipinski definition) is 6. The first-order valence-electron chi connectivity index (χ1n) is 8.02. The predicted octanol–water partition coefficient (Wildman–Crippen LogP) is 4.69. The van der Waals surface area contributed by atoms with Crippen LogP contribution in [0.3, 0.4) is 0 Å². The Morgan fingerprint density at radius 3 is 2.27 bits per heavy atom. The molecule has 0 spiro atoms. The first-order chi connectivity index (χ1) is 12.5. The van der Waals surface area contributed by atoms with Gasteiger partial charge in [0.15, 0.2) is 0 Å². The van der Waals surface area contributed by atoms with E-state index in [2.05, 4.69) is 25.5 Å². The van der Waals surface area contributed by atoms with Gasteiger partial charge in [-0.2, -0.15) is 0 Å². The second-order valence-corrected chi connectivity index (χ2v) is 6.26. The number of ether oxygens (including phenoxy) is 1. The van der Waals surface area contributed by atoms with Crippen LogP contribution in [0.25, 0.3) is 0 Å². The summed E-state index contributed by atoms with van der Waals surface area (Å²) < 4.78 is 5.34. The Labute approximate surface area is 157 Å². The van der Waals surface area contributed by atoms with Crippen LogP contribution in [0.1, 0.15) is 0 Å². The van der Waals surface area contributed by atoms with Gasteiger partial charge in [0.05, 0.1) is 12.8 Å². The van der Waals surface area contributed by atoms with Gasteiger partial charge in [-0.1, -0.05) is 11.6 Å². The van der Waals surface area contributed by atoms with E-state index < -0.39 is 0 Å². The van der Waals surface area contributed by atoms with Crippen LogP contribution in [0.2, 0.25) is 5.02 Å². The molecule has 0 aliphatic carbocycles. The summed E-state index contributed by atoms with van der Waals surface area (Å²) in [5.41, 5.74) is 2.81. The van der Waals surface area contributed by atoms with Gasteiger partial charge in [-0.15, -0.1) is 0 Å². The minimum Gasteiger partial charge on any atom is -0.495 e. The van der Waals surface area contributed by atoms with E-state index in [1.54, 1.807) is 25.3 Å². The molecule has 134 valence electrons. The van der Waals surface area contributed by atoms with E-state index >= 15 is 0 Å². The lowest BCUT2D eigenvalue weighted by Gasteiger charge is -2.14. The van der Waals surface area contributed by atoms with Gasteiger partial charge in [-0.25, -0.2) is 9.97 Å². The molecule has 0 radical (unpaired) electrons. The number of methoxy groups -OCH3 is 1. The maximum absolute atomic E-state index is 6.07. The summed E-state index contributed by atoms with van der Waals surface area (Å²) in [5.74, 6) is 2.00. The van der Waals surface area contributed by atoms with Gasteiger partial charge in [0.25, 0.3) is 0 Å². The van der Waals surface area contributed by atoms with Crippen LogP contribution in [-0.4, -0.2) is 31.2 Å². The number of aromatic nitrogens is 2. The van der Waals surface area contributed by atoms with Crippen molar-refractivity contribution in [2.45, 2.75) is 0 Å². The molecule has 26 heavy (non-hydrogen) atoms. The van der Waals surface area contributed by atoms with E-state index in [0.29, 0.717) is 22.4 Å². The fourth-order valence-corrected chi connectivity index (χ4v) is 2.57. The van der Waals surface area contributed by atoms with Gasteiger partial charge in [-0.05, 0) is 42.5 Å². The summed E-state index contributed by atoms with van der Waals surface area (Å²) in [4.78, 5) is 10.6. The van der Waals surface area contributed by atoms with E-state index in [-0.39, 0.29) is 0 Å². The molecule has 1 aromatic heterocycles. The smallest absolute Gasteiger partial charge is 0.142 e. The molecule has 0 saturated heterocycles. The van der Waals surface area contributed by atoms with Gasteiger partial charge in [-0.3, -0.25) is 0 Å². The molecule has 0 unspecified atom stereocenters. The highest BCUT2D eigenvalue weighted by Gasteiger charge is 2.06. The topological polar surface area (TPSA) is 62.3 Å². The molecule has 0 bridgehead atoms. The molecule has 2 N–H and O–H groups in total. The summed E-state index contributed by atoms with van der Waals surface area (Å²) in [7, 11) is 5.63. The number of hydrogen-bond donors (Lipinski definition) is 2. The van der Waals surface area contributed by atoms with E-state index in [1.807, 2.05) is 44.4 Å². The SMILES string of the molecule is COc1ccc(Cl)cc1Nc1cc(Nc2ccc(N(C)C)cc2)ncn1. The van der Waals surface area contributed by atoms with Crippen LogP contribution < -0.4 is 20.3 Å². The summed E-state index contributed by atoms with van der Waals surface area (Å²) in [6, 6.07) is 15.3. The zero-order valence-electron chi connectivity index (χ0n) is 14.8. The predicted molar refractivity (Wildman–Crippen MR) is 107 cm³/mol. The molecule has 0 aliphatic rings. The quantitative estimate of drug-likeness (QED) is 0.657. The first-order valence-corrected chi connectivity index (χ1v) is 8.40. The number of rotatable bonds is 6. The molecular weight excluding hydrogens is 350 g/mol. The van der Waals surface area contributed by atoms with Gasteiger partial charge >= 0.3 is 0 Å². The van der Waals surface area contributed by atoms with Crippen molar-refractivity contribution >= 4 is 40.3 Å². The molecule has 7 heteroatoms. The molecule has 0 atom stereocenters. The Hall–Kier alpha value is -2.99. The van der Waals surface area contributed by atoms with Gasteiger partial charge in [0.2, 0.25) is 0 Å². The first kappa shape index (κ1) is 17.8. The Bertz CT molecular complexity index is 883. The third-order valence-corrected chi connectivity index (χ3v) is 3.98. The highest BCUT2D eigenvalue weighted by Crippen LogP contribution is 2.30. The van der Waals surface area contributed by atoms with Crippen LogP contribution in [0, 0.1) is 0 Å². The Morgan fingerprint density at radius 2 is 1.62 bits per heavy atom. The largest absolute Gasteiger partial charge is 0.495 e. The molecule has 0 saturated carbocycles. The van der Waals surface area contributed by atoms with Crippen molar-refractivity contribution in [3.05, 3.63) is 59.9 Å². The van der Waals surface area contributed by atoms with Gasteiger partial charge < -0.3 is 20.3 Å². The number of anilines is 5. The lowest BCUT2D eigenvalue weighted by molar-refractivity contribution is 0.417. The van der Waals surface area contributed by atoms with Crippen LogP contribution in [0.15, 0.2) is 54.9 Å². The molecule has 0 fully saturated rings. The summed E-state index contributed by atoms with van der Waals surface area (Å²) in [5, 5.41) is 7.09. The average Bonchev–Trinajstić information content (AvgIpc) is 2.63. The number of benzene rings is 2. The van der Waals surface area contributed by atoms with Crippen molar-refractivity contribution in [1.82, 2.24) is 9.97 Å². The van der Waals surface area contributed by atoms with Crippen LogP contribution >= 0.6 is 11.6 Å². The molecule has 1 heterocycles. The Morgan fingerprint density at radius 1 is 0.923 bits per heavy atom. The third-order valence-electron chi connectivity index (χ3n) is 3.75. The maximum Gasteiger partial charge on any atom is 0.142 e. The molecule has 0 aliphatic heterocycles. The van der Waals surface area contributed by atoms with E-state index in [1.165, 1.54) is 6.33 Å². The standard InChI is InChI=1S/C19H20ClN5O/c1-25(2)15-7-5-14(6-8-15)23-18-11-19(22-12-21-18)24-16-10-13(20)4-9-17(16)26-3/h4-12H,1-3H3,(H2,21,22,23,24). The minimum absolute atomic E-state index is 0.613. The van der Waals surface area contributed by atoms with Crippen molar-refractivity contribution in [1.29, 1.82) is 0 Å². The van der Waals surface area contributed by atoms with Crippen LogP contribution in [0.5, 0.6) is 5.75 Å². The van der Waals surface area contributed by atoms with Crippen molar-refractivity contribution in [3.63, 3.8) is 0 Å². The Balaban J connectivity index is 1.77. The van der Waals surface area contributed by atoms with E-state index in [0.717, 1.165) is 17.1 Å².